The summed E-state index contributed by atoms with van der Waals surface area (Å²) in [6, 6.07) is 7.31. The number of carbonyl (C=O) groups excluding carboxylic acids is 1. The van der Waals surface area contributed by atoms with Gasteiger partial charge in [-0.25, -0.2) is 9.48 Å². The molecule has 1 heterocycles. The number of azo groups is 1. The second-order valence-electron chi connectivity index (χ2n) is 6.79. The first-order valence-corrected chi connectivity index (χ1v) is 12.0. The summed E-state index contributed by atoms with van der Waals surface area (Å²) in [4.78, 5) is 34.3. The Morgan fingerprint density at radius 2 is 1.60 bits per heavy atom. The fraction of sp³-hybridized carbons (Fsp3) is 0.0556. The SMILES string of the molecule is CC(=O)Nc1ccc(N=Nc2c(C(=O)O)[nH]n(-c3ccc(S(=O)(=O)O)cc3)c2=O)c(S(=O)(=O)O)c1. The van der Waals surface area contributed by atoms with Crippen LogP contribution >= 0.6 is 0 Å². The van der Waals surface area contributed by atoms with Gasteiger partial charge in [0.15, 0.2) is 11.4 Å². The van der Waals surface area contributed by atoms with Crippen molar-refractivity contribution in [3.63, 3.8) is 0 Å². The van der Waals surface area contributed by atoms with Gasteiger partial charge in [-0.15, -0.1) is 10.2 Å². The Morgan fingerprint density at radius 3 is 2.11 bits per heavy atom. The van der Waals surface area contributed by atoms with Crippen molar-refractivity contribution in [1.29, 1.82) is 0 Å². The molecule has 0 atom stereocenters. The fourth-order valence-corrected chi connectivity index (χ4v) is 3.94. The van der Waals surface area contributed by atoms with E-state index >= 15 is 0 Å². The van der Waals surface area contributed by atoms with E-state index < -0.39 is 64.5 Å². The number of carboxylic acids is 1. The zero-order chi connectivity index (χ0) is 26.1. The van der Waals surface area contributed by atoms with Gasteiger partial charge in [-0.2, -0.15) is 16.8 Å². The Bertz CT molecular complexity index is 1640. The first kappa shape index (κ1) is 25.4. The number of aromatic carboxylic acids is 1. The minimum Gasteiger partial charge on any atom is -0.476 e. The molecule has 0 aliphatic rings. The van der Waals surface area contributed by atoms with E-state index in [1.807, 2.05) is 0 Å². The summed E-state index contributed by atoms with van der Waals surface area (Å²) in [5, 5.41) is 21.1. The lowest BCUT2D eigenvalue weighted by molar-refractivity contribution is -0.114. The molecule has 0 spiro atoms. The van der Waals surface area contributed by atoms with Gasteiger partial charge >= 0.3 is 5.97 Å². The van der Waals surface area contributed by atoms with Crippen LogP contribution in [0.3, 0.4) is 0 Å². The Hall–Kier alpha value is -4.19. The third-order valence-corrected chi connectivity index (χ3v) is 6.04. The molecule has 15 nitrogen and oxygen atoms in total. The van der Waals surface area contributed by atoms with E-state index in [0.717, 1.165) is 36.4 Å². The highest BCUT2D eigenvalue weighted by molar-refractivity contribution is 7.86. The van der Waals surface area contributed by atoms with Gasteiger partial charge in [0.1, 0.15) is 10.6 Å². The van der Waals surface area contributed by atoms with Crippen LogP contribution in [-0.2, 0) is 25.0 Å². The zero-order valence-electron chi connectivity index (χ0n) is 17.4. The minimum absolute atomic E-state index is 0.00707. The number of nitrogens with zero attached hydrogens (tertiary/aromatic N) is 3. The van der Waals surface area contributed by atoms with Crippen molar-refractivity contribution in [3.8, 4) is 5.69 Å². The first-order chi connectivity index (χ1) is 16.2. The first-order valence-electron chi connectivity index (χ1n) is 9.15. The third kappa shape index (κ3) is 5.66. The van der Waals surface area contributed by atoms with Gasteiger partial charge in [-0.05, 0) is 42.5 Å². The van der Waals surface area contributed by atoms with Gasteiger partial charge in [-0.3, -0.25) is 23.8 Å². The molecule has 5 N–H and O–H groups in total. The number of nitrogens with one attached hydrogen (secondary N) is 2. The van der Waals surface area contributed by atoms with E-state index in [0.29, 0.717) is 4.68 Å². The number of carbonyl (C=O) groups is 2. The number of anilines is 1. The zero-order valence-corrected chi connectivity index (χ0v) is 19.0. The number of amides is 1. The summed E-state index contributed by atoms with van der Waals surface area (Å²) >= 11 is 0. The number of hydrogen-bond acceptors (Lipinski definition) is 9. The third-order valence-electron chi connectivity index (χ3n) is 4.29. The Morgan fingerprint density at radius 1 is 0.971 bits per heavy atom. The molecule has 184 valence electrons. The van der Waals surface area contributed by atoms with E-state index in [-0.39, 0.29) is 11.4 Å². The van der Waals surface area contributed by atoms with Crippen LogP contribution in [0.5, 0.6) is 0 Å². The average molecular weight is 525 g/mol. The summed E-state index contributed by atoms with van der Waals surface area (Å²) in [6.45, 7) is 1.17. The topological polar surface area (TPSA) is 238 Å². The smallest absolute Gasteiger partial charge is 0.356 e. The van der Waals surface area contributed by atoms with Crippen LogP contribution < -0.4 is 10.9 Å². The number of carboxylic acid groups (broad SMARTS) is 1. The van der Waals surface area contributed by atoms with E-state index in [2.05, 4.69) is 20.6 Å². The van der Waals surface area contributed by atoms with Crippen LogP contribution in [-0.4, -0.2) is 52.7 Å². The molecule has 0 saturated heterocycles. The molecule has 0 radical (unpaired) electrons. The molecule has 2 aromatic carbocycles. The van der Waals surface area contributed by atoms with Crippen LogP contribution in [0.25, 0.3) is 5.69 Å². The molecular formula is C18H15N5O10S2. The molecule has 0 aliphatic heterocycles. The van der Waals surface area contributed by atoms with Crippen molar-refractivity contribution in [2.45, 2.75) is 16.7 Å². The summed E-state index contributed by atoms with van der Waals surface area (Å²) in [5.41, 5.74) is -3.02. The van der Waals surface area contributed by atoms with Crippen molar-refractivity contribution in [1.82, 2.24) is 9.78 Å². The van der Waals surface area contributed by atoms with Crippen LogP contribution in [0.4, 0.5) is 17.1 Å². The monoisotopic (exact) mass is 525 g/mol. The second kappa shape index (κ2) is 9.22. The summed E-state index contributed by atoms with van der Waals surface area (Å²) in [5.74, 6) is -2.15. The molecule has 17 heteroatoms. The van der Waals surface area contributed by atoms with Crippen molar-refractivity contribution in [2.75, 3.05) is 5.32 Å². The number of hydrogen-bond donors (Lipinski definition) is 5. The van der Waals surface area contributed by atoms with Crippen molar-refractivity contribution < 1.29 is 40.6 Å². The van der Waals surface area contributed by atoms with Gasteiger partial charge in [0, 0.05) is 12.6 Å². The summed E-state index contributed by atoms with van der Waals surface area (Å²) in [7, 11) is -9.38. The van der Waals surface area contributed by atoms with Gasteiger partial charge in [0.25, 0.3) is 25.8 Å². The number of aromatic amines is 1. The van der Waals surface area contributed by atoms with Crippen LogP contribution in [0.15, 0.2) is 67.3 Å². The van der Waals surface area contributed by atoms with E-state index in [9.17, 15) is 40.9 Å². The maximum absolute atomic E-state index is 12.8. The summed E-state index contributed by atoms with van der Waals surface area (Å²) in [6.07, 6.45) is 0. The summed E-state index contributed by atoms with van der Waals surface area (Å²) < 4.78 is 65.1. The largest absolute Gasteiger partial charge is 0.476 e. The standard InChI is InChI=1S/C18H15N5O10S2/c1-9(24)19-10-2-7-13(14(8-10)35(31,32)33)20-21-15-16(18(26)27)22-23(17(15)25)11-3-5-12(6-4-11)34(28,29)30/h2-8,22H,1H3,(H,19,24)(H,26,27)(H,28,29,30)(H,31,32,33). The number of aromatic nitrogens is 2. The molecule has 0 aliphatic carbocycles. The highest BCUT2D eigenvalue weighted by Crippen LogP contribution is 2.29. The molecule has 3 rings (SSSR count). The Balaban J connectivity index is 2.11. The normalized spacial score (nSPS) is 12.1. The molecular weight excluding hydrogens is 510 g/mol. The Labute approximate surface area is 196 Å². The maximum Gasteiger partial charge on any atom is 0.356 e. The predicted octanol–water partition coefficient (Wildman–Crippen LogP) is 1.73. The predicted molar refractivity (Wildman–Crippen MR) is 118 cm³/mol. The van der Waals surface area contributed by atoms with Crippen molar-refractivity contribution in [2.24, 2.45) is 10.2 Å². The number of rotatable bonds is 7. The fourth-order valence-electron chi connectivity index (χ4n) is 2.81. The lowest BCUT2D eigenvalue weighted by atomic mass is 10.3. The Kier molecular flexibility index (Phi) is 6.70. The molecule has 3 aromatic rings. The highest BCUT2D eigenvalue weighted by Gasteiger charge is 2.22. The van der Waals surface area contributed by atoms with Gasteiger partial charge in [0.05, 0.1) is 10.6 Å². The molecule has 0 fully saturated rings. The van der Waals surface area contributed by atoms with Gasteiger partial charge in [0.2, 0.25) is 5.91 Å². The molecule has 1 amide bonds. The minimum atomic E-state index is -4.87. The molecule has 0 bridgehead atoms. The van der Waals surface area contributed by atoms with E-state index in [4.69, 9.17) is 4.55 Å². The molecule has 0 unspecified atom stereocenters. The molecule has 0 saturated carbocycles. The van der Waals surface area contributed by atoms with Crippen molar-refractivity contribution >= 4 is 49.2 Å². The molecule has 35 heavy (non-hydrogen) atoms. The maximum atomic E-state index is 12.8. The van der Waals surface area contributed by atoms with E-state index in [1.165, 1.54) is 13.0 Å². The van der Waals surface area contributed by atoms with Gasteiger partial charge in [-0.1, -0.05) is 0 Å². The van der Waals surface area contributed by atoms with E-state index in [1.54, 1.807) is 0 Å². The lowest BCUT2D eigenvalue weighted by Gasteiger charge is -2.06. The second-order valence-corrected chi connectivity index (χ2v) is 9.60. The molecule has 1 aromatic heterocycles. The lowest BCUT2D eigenvalue weighted by Crippen LogP contribution is -2.14. The van der Waals surface area contributed by atoms with Crippen LogP contribution in [0.1, 0.15) is 17.4 Å². The number of H-pyrrole nitrogens is 1. The van der Waals surface area contributed by atoms with Crippen molar-refractivity contribution in [3.05, 3.63) is 58.5 Å². The average Bonchev–Trinajstić information content (AvgIpc) is 3.07. The van der Waals surface area contributed by atoms with Gasteiger partial charge < -0.3 is 10.4 Å². The highest BCUT2D eigenvalue weighted by atomic mass is 32.2. The van der Waals surface area contributed by atoms with Crippen LogP contribution in [0.2, 0.25) is 0 Å². The van der Waals surface area contributed by atoms with Crippen LogP contribution in [0, 0.1) is 0 Å². The number of benzene rings is 2. The quantitative estimate of drug-likeness (QED) is 0.221.